The monoisotopic (exact) mass is 376 g/mol. The highest BCUT2D eigenvalue weighted by molar-refractivity contribution is 6.04. The normalized spacial score (nSPS) is 10.6. The van der Waals surface area contributed by atoms with Gasteiger partial charge in [-0.1, -0.05) is 30.3 Å². The number of hydrogen-bond acceptors (Lipinski definition) is 5. The number of carbonyl (C=O) groups is 1. The number of para-hydroxylation sites is 3. The largest absolute Gasteiger partial charge is 0.489 e. The first kappa shape index (κ1) is 19.4. The predicted octanol–water partition coefficient (Wildman–Crippen LogP) is 4.67. The number of benzene rings is 2. The molecule has 0 unspecified atom stereocenters. The summed E-state index contributed by atoms with van der Waals surface area (Å²) in [6.07, 6.45) is 0.0621. The number of carbonyl (C=O) groups excluding carboxylic acids is 1. The molecule has 2 aromatic carbocycles. The number of amides is 1. The first-order valence-corrected chi connectivity index (χ1v) is 9.32. The minimum Gasteiger partial charge on any atom is -0.489 e. The Morgan fingerprint density at radius 2 is 1.71 bits per heavy atom. The summed E-state index contributed by atoms with van der Waals surface area (Å²) < 4.78 is 5.80. The third-order valence-corrected chi connectivity index (χ3v) is 4.03. The standard InChI is InChI=1S/C22H24N4O2/c1-4-26(17-10-6-5-7-11-17)22(27)19-14-15-21(25-24-19)23-18-12-8-9-13-20(18)28-16(2)3/h5-16H,4H2,1-3H3,(H,23,25). The van der Waals surface area contributed by atoms with Gasteiger partial charge >= 0.3 is 0 Å². The summed E-state index contributed by atoms with van der Waals surface area (Å²) >= 11 is 0. The van der Waals surface area contributed by atoms with Crippen molar-refractivity contribution in [3.8, 4) is 5.75 Å². The quantitative estimate of drug-likeness (QED) is 0.649. The van der Waals surface area contributed by atoms with Gasteiger partial charge < -0.3 is 15.0 Å². The highest BCUT2D eigenvalue weighted by Crippen LogP contribution is 2.27. The van der Waals surface area contributed by atoms with Gasteiger partial charge in [0.05, 0.1) is 11.8 Å². The van der Waals surface area contributed by atoms with Crippen LogP contribution in [0, 0.1) is 0 Å². The van der Waals surface area contributed by atoms with Gasteiger partial charge in [-0.2, -0.15) is 0 Å². The lowest BCUT2D eigenvalue weighted by molar-refractivity contribution is 0.0982. The molecule has 0 aliphatic rings. The van der Waals surface area contributed by atoms with E-state index in [1.807, 2.05) is 75.4 Å². The van der Waals surface area contributed by atoms with E-state index in [1.165, 1.54) is 0 Å². The number of anilines is 3. The van der Waals surface area contributed by atoms with Gasteiger partial charge in [0.2, 0.25) is 0 Å². The Morgan fingerprint density at radius 1 is 1.00 bits per heavy atom. The minimum absolute atomic E-state index is 0.0621. The zero-order chi connectivity index (χ0) is 19.9. The molecular formula is C22H24N4O2. The van der Waals surface area contributed by atoms with Crippen LogP contribution in [0.15, 0.2) is 66.7 Å². The fraction of sp³-hybridized carbons (Fsp3) is 0.227. The van der Waals surface area contributed by atoms with Crippen LogP contribution >= 0.6 is 0 Å². The van der Waals surface area contributed by atoms with Crippen LogP contribution in [0.3, 0.4) is 0 Å². The number of aromatic nitrogens is 2. The van der Waals surface area contributed by atoms with Crippen molar-refractivity contribution in [1.82, 2.24) is 10.2 Å². The van der Waals surface area contributed by atoms with E-state index >= 15 is 0 Å². The van der Waals surface area contributed by atoms with E-state index in [9.17, 15) is 4.79 Å². The van der Waals surface area contributed by atoms with E-state index in [0.29, 0.717) is 18.1 Å². The Balaban J connectivity index is 1.76. The van der Waals surface area contributed by atoms with Crippen molar-refractivity contribution in [2.45, 2.75) is 26.9 Å². The molecule has 1 aromatic heterocycles. The van der Waals surface area contributed by atoms with Crippen LogP contribution in [0.5, 0.6) is 5.75 Å². The zero-order valence-corrected chi connectivity index (χ0v) is 16.3. The van der Waals surface area contributed by atoms with Crippen LogP contribution in [-0.2, 0) is 0 Å². The zero-order valence-electron chi connectivity index (χ0n) is 16.3. The number of nitrogens with one attached hydrogen (secondary N) is 1. The second-order valence-corrected chi connectivity index (χ2v) is 6.48. The maximum absolute atomic E-state index is 12.8. The molecule has 28 heavy (non-hydrogen) atoms. The molecule has 0 saturated heterocycles. The van der Waals surface area contributed by atoms with Gasteiger partial charge in [-0.05, 0) is 57.2 Å². The molecule has 0 radical (unpaired) electrons. The van der Waals surface area contributed by atoms with Gasteiger partial charge in [0.25, 0.3) is 5.91 Å². The fourth-order valence-electron chi connectivity index (χ4n) is 2.77. The first-order valence-electron chi connectivity index (χ1n) is 9.32. The second-order valence-electron chi connectivity index (χ2n) is 6.48. The summed E-state index contributed by atoms with van der Waals surface area (Å²) in [5.41, 5.74) is 1.92. The van der Waals surface area contributed by atoms with Crippen LogP contribution in [0.1, 0.15) is 31.3 Å². The third kappa shape index (κ3) is 4.65. The van der Waals surface area contributed by atoms with Crippen LogP contribution in [0.2, 0.25) is 0 Å². The van der Waals surface area contributed by atoms with Crippen molar-refractivity contribution in [1.29, 1.82) is 0 Å². The average molecular weight is 376 g/mol. The van der Waals surface area contributed by atoms with Gasteiger partial charge in [-0.25, -0.2) is 0 Å². The lowest BCUT2D eigenvalue weighted by atomic mass is 10.2. The highest BCUT2D eigenvalue weighted by atomic mass is 16.5. The second kappa shape index (κ2) is 8.99. The van der Waals surface area contributed by atoms with E-state index < -0.39 is 0 Å². The predicted molar refractivity (Wildman–Crippen MR) is 111 cm³/mol. The van der Waals surface area contributed by atoms with Gasteiger partial charge in [-0.3, -0.25) is 4.79 Å². The van der Waals surface area contributed by atoms with Crippen LogP contribution in [0.25, 0.3) is 0 Å². The molecule has 0 aliphatic heterocycles. The lowest BCUT2D eigenvalue weighted by Gasteiger charge is -2.20. The van der Waals surface area contributed by atoms with E-state index in [4.69, 9.17) is 4.74 Å². The Labute approximate surface area is 165 Å². The van der Waals surface area contributed by atoms with Crippen molar-refractivity contribution in [2.24, 2.45) is 0 Å². The Kier molecular flexibility index (Phi) is 6.22. The van der Waals surface area contributed by atoms with Crippen molar-refractivity contribution in [3.63, 3.8) is 0 Å². The third-order valence-electron chi connectivity index (χ3n) is 4.03. The van der Waals surface area contributed by atoms with Crippen LogP contribution in [-0.4, -0.2) is 28.8 Å². The van der Waals surface area contributed by atoms with Crippen LogP contribution < -0.4 is 15.0 Å². The molecule has 6 heteroatoms. The SMILES string of the molecule is CCN(C(=O)c1ccc(Nc2ccccc2OC(C)C)nn1)c1ccccc1. The molecule has 3 aromatic rings. The molecule has 6 nitrogen and oxygen atoms in total. The number of hydrogen-bond donors (Lipinski definition) is 1. The molecule has 1 N–H and O–H groups in total. The van der Waals surface area contributed by atoms with Crippen molar-refractivity contribution >= 4 is 23.1 Å². The molecule has 1 amide bonds. The molecule has 1 heterocycles. The summed E-state index contributed by atoms with van der Waals surface area (Å²) in [6.45, 7) is 6.43. The maximum Gasteiger partial charge on any atom is 0.278 e. The van der Waals surface area contributed by atoms with Gasteiger partial charge in [0.15, 0.2) is 11.5 Å². The summed E-state index contributed by atoms with van der Waals surface area (Å²) in [6, 6.07) is 20.6. The topological polar surface area (TPSA) is 67.4 Å². The first-order chi connectivity index (χ1) is 13.6. The number of ether oxygens (including phenoxy) is 1. The van der Waals surface area contributed by atoms with Crippen molar-refractivity contribution < 1.29 is 9.53 Å². The van der Waals surface area contributed by atoms with Gasteiger partial charge in [0.1, 0.15) is 5.75 Å². The molecule has 3 rings (SSSR count). The van der Waals surface area contributed by atoms with Gasteiger partial charge in [-0.15, -0.1) is 10.2 Å². The molecule has 0 atom stereocenters. The molecule has 0 aliphatic carbocycles. The Hall–Kier alpha value is -3.41. The van der Waals surface area contributed by atoms with E-state index in [2.05, 4.69) is 15.5 Å². The summed E-state index contributed by atoms with van der Waals surface area (Å²) in [5.74, 6) is 1.09. The summed E-state index contributed by atoms with van der Waals surface area (Å²) in [4.78, 5) is 14.5. The van der Waals surface area contributed by atoms with E-state index in [-0.39, 0.29) is 12.0 Å². The highest BCUT2D eigenvalue weighted by Gasteiger charge is 2.18. The van der Waals surface area contributed by atoms with Gasteiger partial charge in [0, 0.05) is 12.2 Å². The average Bonchev–Trinajstić information content (AvgIpc) is 2.71. The van der Waals surface area contributed by atoms with Crippen molar-refractivity contribution in [2.75, 3.05) is 16.8 Å². The van der Waals surface area contributed by atoms with Crippen LogP contribution in [0.4, 0.5) is 17.2 Å². The molecule has 0 saturated carbocycles. The smallest absolute Gasteiger partial charge is 0.278 e. The molecule has 0 spiro atoms. The molecule has 0 fully saturated rings. The molecule has 144 valence electrons. The lowest BCUT2D eigenvalue weighted by Crippen LogP contribution is -2.31. The Morgan fingerprint density at radius 3 is 2.36 bits per heavy atom. The number of rotatable bonds is 7. The Bertz CT molecular complexity index is 911. The minimum atomic E-state index is -0.184. The van der Waals surface area contributed by atoms with E-state index in [0.717, 1.165) is 17.1 Å². The molecular weight excluding hydrogens is 352 g/mol. The van der Waals surface area contributed by atoms with Crippen molar-refractivity contribution in [3.05, 3.63) is 72.4 Å². The maximum atomic E-state index is 12.8. The van der Waals surface area contributed by atoms with E-state index in [1.54, 1.807) is 17.0 Å². The molecule has 0 bridgehead atoms. The number of nitrogens with zero attached hydrogens (tertiary/aromatic N) is 3. The summed E-state index contributed by atoms with van der Waals surface area (Å²) in [5, 5.41) is 11.5. The summed E-state index contributed by atoms with van der Waals surface area (Å²) in [7, 11) is 0. The fourth-order valence-corrected chi connectivity index (χ4v) is 2.77.